The van der Waals surface area contributed by atoms with Gasteiger partial charge in [-0.2, -0.15) is 0 Å². The van der Waals surface area contributed by atoms with E-state index in [0.29, 0.717) is 26.2 Å². The second kappa shape index (κ2) is 8.89. The van der Waals surface area contributed by atoms with E-state index in [2.05, 4.69) is 11.5 Å². The molecule has 26 heavy (non-hydrogen) atoms. The van der Waals surface area contributed by atoms with Crippen molar-refractivity contribution in [3.8, 4) is 11.5 Å². The minimum Gasteiger partial charge on any atom is -0.465 e. The molecule has 140 valence electrons. The molecule has 1 atom stereocenters. The molecule has 0 saturated carbocycles. The topological polar surface area (TPSA) is 64.3 Å². The van der Waals surface area contributed by atoms with Crippen LogP contribution >= 0.6 is 0 Å². The maximum Gasteiger partial charge on any atom is 0.231 e. The summed E-state index contributed by atoms with van der Waals surface area (Å²) in [6, 6.07) is 9.80. The lowest BCUT2D eigenvalue weighted by Gasteiger charge is -2.24. The van der Waals surface area contributed by atoms with Gasteiger partial charge >= 0.3 is 0 Å². The van der Waals surface area contributed by atoms with E-state index in [1.807, 2.05) is 37.3 Å². The average Bonchev–Trinajstić information content (AvgIpc) is 3.23. The van der Waals surface area contributed by atoms with Crippen molar-refractivity contribution in [1.29, 1.82) is 0 Å². The van der Waals surface area contributed by atoms with Crippen LogP contribution in [0.5, 0.6) is 11.5 Å². The van der Waals surface area contributed by atoms with Crippen molar-refractivity contribution in [3.05, 3.63) is 60.1 Å². The summed E-state index contributed by atoms with van der Waals surface area (Å²) in [5.74, 6) is 3.26. The van der Waals surface area contributed by atoms with Crippen LogP contribution in [0.15, 0.2) is 47.4 Å². The molecular formula is C20H25NO5. The van der Waals surface area contributed by atoms with Gasteiger partial charge in [-0.25, -0.2) is 0 Å². The number of benzene rings is 1. The zero-order valence-electron chi connectivity index (χ0n) is 15.0. The number of nitrogens with zero attached hydrogens (tertiary/aromatic N) is 1. The Morgan fingerprint density at radius 3 is 2.85 bits per heavy atom. The molecule has 1 aromatic heterocycles. The van der Waals surface area contributed by atoms with Crippen molar-refractivity contribution in [2.45, 2.75) is 26.1 Å². The Balaban J connectivity index is 1.66. The van der Waals surface area contributed by atoms with Crippen molar-refractivity contribution < 1.29 is 23.7 Å². The molecule has 0 amide bonds. The highest BCUT2D eigenvalue weighted by atomic mass is 16.7. The summed E-state index contributed by atoms with van der Waals surface area (Å²) in [6.45, 7) is 8.19. The van der Waals surface area contributed by atoms with Crippen LogP contribution in [0.3, 0.4) is 0 Å². The second-order valence-electron chi connectivity index (χ2n) is 6.35. The van der Waals surface area contributed by atoms with Gasteiger partial charge in [-0.05, 0) is 36.8 Å². The largest absolute Gasteiger partial charge is 0.465 e. The van der Waals surface area contributed by atoms with Crippen molar-refractivity contribution in [3.63, 3.8) is 0 Å². The van der Waals surface area contributed by atoms with Crippen molar-refractivity contribution >= 4 is 0 Å². The molecule has 0 spiro atoms. The monoisotopic (exact) mass is 359 g/mol. The number of aliphatic hydroxyl groups excluding tert-OH is 1. The Hall–Kier alpha value is -2.28. The van der Waals surface area contributed by atoms with Gasteiger partial charge in [0, 0.05) is 13.1 Å². The molecule has 6 heteroatoms. The maximum atomic E-state index is 10.3. The fourth-order valence-corrected chi connectivity index (χ4v) is 2.91. The van der Waals surface area contributed by atoms with Gasteiger partial charge in [0.25, 0.3) is 0 Å². The number of aryl methyl sites for hydroxylation is 1. The van der Waals surface area contributed by atoms with Gasteiger partial charge in [-0.15, -0.1) is 6.58 Å². The zero-order valence-corrected chi connectivity index (χ0v) is 15.0. The summed E-state index contributed by atoms with van der Waals surface area (Å²) in [5.41, 5.74) is 1.08. The molecule has 6 nitrogen and oxygen atoms in total. The van der Waals surface area contributed by atoms with Gasteiger partial charge in [0.1, 0.15) is 11.5 Å². The van der Waals surface area contributed by atoms with Gasteiger partial charge in [-0.3, -0.25) is 4.90 Å². The highest BCUT2D eigenvalue weighted by Crippen LogP contribution is 2.33. The molecular weight excluding hydrogens is 334 g/mol. The average molecular weight is 359 g/mol. The van der Waals surface area contributed by atoms with Gasteiger partial charge in [0.2, 0.25) is 6.79 Å². The van der Waals surface area contributed by atoms with E-state index in [9.17, 15) is 5.11 Å². The van der Waals surface area contributed by atoms with Crippen LogP contribution in [-0.4, -0.2) is 42.7 Å². The molecule has 3 rings (SSSR count). The first-order valence-corrected chi connectivity index (χ1v) is 8.67. The Morgan fingerprint density at radius 1 is 1.23 bits per heavy atom. The SMILES string of the molecule is C=CCOC[C@@H](O)CN(Cc1ccc2c(c1)OCO2)Cc1ccc(C)o1. The number of hydrogen-bond donors (Lipinski definition) is 1. The maximum absolute atomic E-state index is 10.3. The van der Waals surface area contributed by atoms with Crippen molar-refractivity contribution in [2.24, 2.45) is 0 Å². The minimum atomic E-state index is -0.597. The van der Waals surface area contributed by atoms with E-state index in [1.165, 1.54) is 0 Å². The van der Waals surface area contributed by atoms with Crippen LogP contribution in [0.2, 0.25) is 0 Å². The van der Waals surface area contributed by atoms with Crippen LogP contribution < -0.4 is 9.47 Å². The third kappa shape index (κ3) is 5.11. The van der Waals surface area contributed by atoms with E-state index in [0.717, 1.165) is 28.6 Å². The minimum absolute atomic E-state index is 0.257. The molecule has 0 bridgehead atoms. The molecule has 1 aromatic carbocycles. The second-order valence-corrected chi connectivity index (χ2v) is 6.35. The predicted molar refractivity (Wildman–Crippen MR) is 97.1 cm³/mol. The Labute approximate surface area is 153 Å². The van der Waals surface area contributed by atoms with Crippen LogP contribution in [0.25, 0.3) is 0 Å². The molecule has 0 fully saturated rings. The van der Waals surface area contributed by atoms with Crippen LogP contribution in [0.1, 0.15) is 17.1 Å². The normalized spacial score (nSPS) is 14.0. The standard InChI is InChI=1S/C20H25NO5/c1-3-8-23-13-17(22)11-21(12-18-6-4-15(2)26-18)10-16-5-7-19-20(9-16)25-14-24-19/h3-7,9,17,22H,1,8,10-14H2,2H3/t17-/m0/s1. The van der Waals surface area contributed by atoms with Gasteiger partial charge in [0.05, 0.1) is 25.9 Å². The number of rotatable bonds is 10. The highest BCUT2D eigenvalue weighted by Gasteiger charge is 2.18. The predicted octanol–water partition coefficient (Wildman–Crippen LogP) is 2.88. The third-order valence-electron chi connectivity index (χ3n) is 4.03. The highest BCUT2D eigenvalue weighted by molar-refractivity contribution is 5.44. The summed E-state index contributed by atoms with van der Waals surface area (Å²) < 4.78 is 21.9. The number of hydrogen-bond acceptors (Lipinski definition) is 6. The molecule has 0 unspecified atom stereocenters. The fraction of sp³-hybridized carbons (Fsp3) is 0.400. The molecule has 0 saturated heterocycles. The molecule has 1 aliphatic rings. The molecule has 0 radical (unpaired) electrons. The first-order chi connectivity index (χ1) is 12.6. The third-order valence-corrected chi connectivity index (χ3v) is 4.03. The Kier molecular flexibility index (Phi) is 6.33. The summed E-state index contributed by atoms with van der Waals surface area (Å²) in [5, 5.41) is 10.3. The molecule has 1 aliphatic heterocycles. The smallest absolute Gasteiger partial charge is 0.231 e. The number of aliphatic hydroxyl groups is 1. The van der Waals surface area contributed by atoms with E-state index in [-0.39, 0.29) is 13.4 Å². The molecule has 2 heterocycles. The molecule has 0 aliphatic carbocycles. The zero-order chi connectivity index (χ0) is 18.4. The lowest BCUT2D eigenvalue weighted by Crippen LogP contribution is -2.34. The first kappa shape index (κ1) is 18.5. The van der Waals surface area contributed by atoms with Crippen LogP contribution in [-0.2, 0) is 17.8 Å². The van der Waals surface area contributed by atoms with E-state index in [4.69, 9.17) is 18.6 Å². The molecule has 1 N–H and O–H groups in total. The fourth-order valence-electron chi connectivity index (χ4n) is 2.91. The lowest BCUT2D eigenvalue weighted by atomic mass is 10.1. The summed E-state index contributed by atoms with van der Waals surface area (Å²) >= 11 is 0. The summed E-state index contributed by atoms with van der Waals surface area (Å²) in [7, 11) is 0. The van der Waals surface area contributed by atoms with Gasteiger partial charge < -0.3 is 23.7 Å². The van der Waals surface area contributed by atoms with Gasteiger partial charge in [-0.1, -0.05) is 12.1 Å². The summed E-state index contributed by atoms with van der Waals surface area (Å²) in [6.07, 6.45) is 1.07. The van der Waals surface area contributed by atoms with Crippen molar-refractivity contribution in [2.75, 3.05) is 26.6 Å². The molecule has 2 aromatic rings. The van der Waals surface area contributed by atoms with E-state index >= 15 is 0 Å². The lowest BCUT2D eigenvalue weighted by molar-refractivity contribution is 0.0215. The number of fused-ring (bicyclic) bond motifs is 1. The van der Waals surface area contributed by atoms with Crippen LogP contribution in [0, 0.1) is 6.92 Å². The van der Waals surface area contributed by atoms with Crippen molar-refractivity contribution in [1.82, 2.24) is 4.90 Å². The van der Waals surface area contributed by atoms with E-state index in [1.54, 1.807) is 6.08 Å². The quantitative estimate of drug-likeness (QED) is 0.520. The number of furan rings is 1. The Bertz CT molecular complexity index is 727. The van der Waals surface area contributed by atoms with E-state index < -0.39 is 6.10 Å². The van der Waals surface area contributed by atoms with Crippen LogP contribution in [0.4, 0.5) is 0 Å². The van der Waals surface area contributed by atoms with Gasteiger partial charge in [0.15, 0.2) is 11.5 Å². The Morgan fingerprint density at radius 2 is 2.08 bits per heavy atom. The number of ether oxygens (including phenoxy) is 3. The summed E-state index contributed by atoms with van der Waals surface area (Å²) in [4.78, 5) is 2.12. The first-order valence-electron chi connectivity index (χ1n) is 8.67.